The zero-order valence-corrected chi connectivity index (χ0v) is 35.4. The van der Waals surface area contributed by atoms with Crippen molar-refractivity contribution < 1.29 is 32.6 Å². The number of β-amino-alcohol motifs (C(OH)–C–C–N with tert-alkyl or cyclic N) is 1. The lowest BCUT2D eigenvalue weighted by Crippen LogP contribution is -2.60. The summed E-state index contributed by atoms with van der Waals surface area (Å²) in [4.78, 5) is 35.9. The predicted octanol–water partition coefficient (Wildman–Crippen LogP) is 4.61. The third kappa shape index (κ3) is 10.3. The topological polar surface area (TPSA) is 132 Å². The highest BCUT2D eigenvalue weighted by molar-refractivity contribution is 7.90. The molecule has 4 aliphatic heterocycles. The van der Waals surface area contributed by atoms with Gasteiger partial charge in [0.1, 0.15) is 5.75 Å². The van der Waals surface area contributed by atoms with Gasteiger partial charge in [0.05, 0.1) is 42.9 Å². The second kappa shape index (κ2) is 18.5. The van der Waals surface area contributed by atoms with E-state index in [-0.39, 0.29) is 35.8 Å². The fourth-order valence-electron chi connectivity index (χ4n) is 9.61. The highest BCUT2D eigenvalue weighted by Crippen LogP contribution is 2.46. The van der Waals surface area contributed by atoms with Crippen LogP contribution in [0.3, 0.4) is 0 Å². The molecule has 2 bridgehead atoms. The molecule has 12 nitrogen and oxygen atoms in total. The van der Waals surface area contributed by atoms with Gasteiger partial charge in [-0.3, -0.25) is 19.4 Å². The third-order valence-electron chi connectivity index (χ3n) is 13.5. The van der Waals surface area contributed by atoms with Crippen molar-refractivity contribution in [2.24, 2.45) is 17.8 Å². The number of aliphatic hydroxyl groups is 1. The molecular weight excluding hydrogens is 766 g/mol. The van der Waals surface area contributed by atoms with Gasteiger partial charge in [-0.2, -0.15) is 0 Å². The van der Waals surface area contributed by atoms with Crippen LogP contribution in [0.5, 0.6) is 5.75 Å². The number of carbonyl (C=O) groups is 2. The molecule has 0 radical (unpaired) electrons. The van der Waals surface area contributed by atoms with Crippen LogP contribution < -0.4 is 14.4 Å². The summed E-state index contributed by atoms with van der Waals surface area (Å²) in [5.74, 6) is 0.0354. The first-order valence-electron chi connectivity index (χ1n) is 21.3. The van der Waals surface area contributed by atoms with Crippen molar-refractivity contribution in [2.45, 2.75) is 82.5 Å². The molecule has 57 heavy (non-hydrogen) atoms. The maximum atomic E-state index is 13.6. The Balaban J connectivity index is 1.14. The summed E-state index contributed by atoms with van der Waals surface area (Å²) in [6.45, 7) is 12.2. The van der Waals surface area contributed by atoms with Crippen molar-refractivity contribution in [3.8, 4) is 5.75 Å². The van der Waals surface area contributed by atoms with E-state index in [1.807, 2.05) is 17.9 Å². The third-order valence-corrected chi connectivity index (χ3v) is 15.7. The van der Waals surface area contributed by atoms with Gasteiger partial charge in [-0.05, 0) is 111 Å². The molecular formula is C43H62ClN5O7S. The fraction of sp³-hybridized carbons (Fsp3) is 0.674. The summed E-state index contributed by atoms with van der Waals surface area (Å²) in [5.41, 5.74) is 2.41. The number of ether oxygens (including phenoxy) is 2. The normalized spacial score (nSPS) is 29.8. The molecule has 7 rings (SSSR count). The van der Waals surface area contributed by atoms with Crippen LogP contribution in [-0.4, -0.2) is 136 Å². The van der Waals surface area contributed by atoms with Gasteiger partial charge in [-0.15, -0.1) is 0 Å². The van der Waals surface area contributed by atoms with Crippen LogP contribution in [-0.2, 0) is 32.4 Å². The van der Waals surface area contributed by atoms with E-state index in [4.69, 9.17) is 21.1 Å². The largest absolute Gasteiger partial charge is 0.491 e. The zero-order chi connectivity index (χ0) is 40.2. The van der Waals surface area contributed by atoms with Crippen molar-refractivity contribution in [2.75, 3.05) is 90.2 Å². The minimum atomic E-state index is -3.99. The highest BCUT2D eigenvalue weighted by atomic mass is 35.5. The van der Waals surface area contributed by atoms with Crippen molar-refractivity contribution >= 4 is 39.1 Å². The minimum absolute atomic E-state index is 0.00238. The standard InChI is InChI=1S/C43H62ClN5O7S/c1-31-6-5-15-43(52,30-47-18-20-48(41(50)29-47)19-17-46-21-24-55-25-22-46)38-12-9-36(38)28-49-16-4-3-7-34-26-37(44)11-8-33(34)14-23-56-40-13-10-35(27-39(40)49)42(51)45-57(53,54)32(31)2/h8,10-11,13,26-27,31-32,36,38,52H,3-7,9,12,14-25,28-30H2,1-2H3,(H,45,51)/t31-,32+,36-,38+,43+/m0/s1. The van der Waals surface area contributed by atoms with Crippen LogP contribution in [0, 0.1) is 17.8 Å². The molecule has 0 spiro atoms. The highest BCUT2D eigenvalue weighted by Gasteiger charge is 2.48. The number of rotatable bonds is 5. The van der Waals surface area contributed by atoms with Crippen LogP contribution in [0.4, 0.5) is 5.69 Å². The quantitative estimate of drug-likeness (QED) is 0.441. The molecule has 2 aromatic rings. The van der Waals surface area contributed by atoms with Gasteiger partial charge in [0, 0.05) is 75.9 Å². The number of amides is 2. The molecule has 1 saturated carbocycles. The summed E-state index contributed by atoms with van der Waals surface area (Å²) in [5, 5.41) is 12.8. The molecule has 5 atom stereocenters. The average Bonchev–Trinajstić information content (AvgIpc) is 3.16. The lowest BCUT2D eigenvalue weighted by Gasteiger charge is -2.51. The van der Waals surface area contributed by atoms with Gasteiger partial charge in [0.15, 0.2) is 0 Å². The minimum Gasteiger partial charge on any atom is -0.491 e. The molecule has 14 heteroatoms. The molecule has 2 N–H and O–H groups in total. The number of hydrogen-bond acceptors (Lipinski definition) is 10. The molecule has 0 unspecified atom stereocenters. The first-order valence-corrected chi connectivity index (χ1v) is 23.2. The van der Waals surface area contributed by atoms with Crippen molar-refractivity contribution in [3.05, 3.63) is 58.1 Å². The lowest BCUT2D eigenvalue weighted by molar-refractivity contribution is -0.142. The van der Waals surface area contributed by atoms with Gasteiger partial charge in [-0.25, -0.2) is 13.1 Å². The maximum absolute atomic E-state index is 13.6. The van der Waals surface area contributed by atoms with E-state index >= 15 is 0 Å². The number of anilines is 1. The van der Waals surface area contributed by atoms with Crippen molar-refractivity contribution in [1.29, 1.82) is 0 Å². The molecule has 2 aromatic carbocycles. The number of sulfonamides is 1. The van der Waals surface area contributed by atoms with Crippen LogP contribution in [0.2, 0.25) is 5.02 Å². The van der Waals surface area contributed by atoms with E-state index in [1.165, 1.54) is 11.1 Å². The fourth-order valence-corrected chi connectivity index (χ4v) is 11.1. The van der Waals surface area contributed by atoms with Gasteiger partial charge >= 0.3 is 0 Å². The Kier molecular flexibility index (Phi) is 13.7. The van der Waals surface area contributed by atoms with Gasteiger partial charge in [0.25, 0.3) is 5.91 Å². The molecule has 2 amide bonds. The molecule has 3 fully saturated rings. The lowest BCUT2D eigenvalue weighted by atomic mass is 9.62. The Bertz CT molecular complexity index is 1840. The summed E-state index contributed by atoms with van der Waals surface area (Å²) in [7, 11) is -3.99. The number of benzene rings is 2. The average molecular weight is 829 g/mol. The van der Waals surface area contributed by atoms with Gasteiger partial charge < -0.3 is 24.4 Å². The number of piperazine rings is 1. The van der Waals surface area contributed by atoms with Crippen LogP contribution in [0.1, 0.15) is 80.3 Å². The molecule has 0 aromatic heterocycles. The second-order valence-electron chi connectivity index (χ2n) is 17.2. The molecule has 314 valence electrons. The number of morpholine rings is 1. The smallest absolute Gasteiger partial charge is 0.264 e. The van der Waals surface area contributed by atoms with Crippen LogP contribution in [0.25, 0.3) is 0 Å². The number of nitrogens with one attached hydrogen (secondary N) is 1. The number of aryl methyl sites for hydroxylation is 1. The summed E-state index contributed by atoms with van der Waals surface area (Å²) in [6.07, 6.45) is 6.98. The van der Waals surface area contributed by atoms with Crippen LogP contribution in [0.15, 0.2) is 36.4 Å². The van der Waals surface area contributed by atoms with Crippen molar-refractivity contribution in [1.82, 2.24) is 19.4 Å². The van der Waals surface area contributed by atoms with E-state index in [0.29, 0.717) is 77.3 Å². The van der Waals surface area contributed by atoms with E-state index < -0.39 is 26.8 Å². The number of fused-ring (bicyclic) bond motifs is 3. The summed E-state index contributed by atoms with van der Waals surface area (Å²) < 4.78 is 41.5. The summed E-state index contributed by atoms with van der Waals surface area (Å²) >= 11 is 6.41. The SMILES string of the molecule is C[C@@H]1[C@@H](C)CCC[C@@](O)(CN2CCN(CCN3CCOCC3)C(=O)C2)[C@@H]2CC[C@H]2CN2CCCCc3cc(Cl)ccc3CCOc3ccc(cc32)C(=O)NS1(=O)=O. The van der Waals surface area contributed by atoms with E-state index in [0.717, 1.165) is 75.7 Å². The van der Waals surface area contributed by atoms with E-state index in [9.17, 15) is 23.1 Å². The maximum Gasteiger partial charge on any atom is 0.264 e. The molecule has 5 aliphatic rings. The Hall–Kier alpha value is -2.94. The van der Waals surface area contributed by atoms with E-state index in [2.05, 4.69) is 31.6 Å². The molecule has 1 aliphatic carbocycles. The Morgan fingerprint density at radius 3 is 2.47 bits per heavy atom. The number of hydrogen-bond donors (Lipinski definition) is 2. The second-order valence-corrected chi connectivity index (χ2v) is 19.7. The van der Waals surface area contributed by atoms with Crippen LogP contribution >= 0.6 is 11.6 Å². The Labute approximate surface area is 344 Å². The predicted molar refractivity (Wildman–Crippen MR) is 223 cm³/mol. The Morgan fingerprint density at radius 2 is 1.70 bits per heavy atom. The first kappa shape index (κ1) is 42.2. The number of nitrogens with zero attached hydrogens (tertiary/aromatic N) is 4. The molecule has 2 saturated heterocycles. The number of carbonyl (C=O) groups excluding carboxylic acids is 2. The van der Waals surface area contributed by atoms with Gasteiger partial charge in [-0.1, -0.05) is 31.0 Å². The molecule has 4 heterocycles. The first-order chi connectivity index (χ1) is 27.4. The zero-order valence-electron chi connectivity index (χ0n) is 33.8. The van der Waals surface area contributed by atoms with Gasteiger partial charge in [0.2, 0.25) is 15.9 Å². The summed E-state index contributed by atoms with van der Waals surface area (Å²) in [6, 6.07) is 11.3. The van der Waals surface area contributed by atoms with E-state index in [1.54, 1.807) is 25.1 Å². The number of halogens is 1. The Morgan fingerprint density at radius 1 is 0.877 bits per heavy atom. The monoisotopic (exact) mass is 827 g/mol. The van der Waals surface area contributed by atoms with Crippen molar-refractivity contribution in [3.63, 3.8) is 0 Å².